The Morgan fingerprint density at radius 1 is 1.50 bits per heavy atom. The van der Waals surface area contributed by atoms with Gasteiger partial charge in [0.05, 0.1) is 11.9 Å². The van der Waals surface area contributed by atoms with Crippen LogP contribution in [0.5, 0.6) is 0 Å². The maximum absolute atomic E-state index is 9.02. The van der Waals surface area contributed by atoms with E-state index in [4.69, 9.17) is 5.11 Å². The molecule has 0 spiro atoms. The van der Waals surface area contributed by atoms with Crippen LogP contribution in [0, 0.1) is 6.92 Å². The number of pyridine rings is 1. The summed E-state index contributed by atoms with van der Waals surface area (Å²) in [6, 6.07) is 1.90. The topological polar surface area (TPSA) is 63.8 Å². The number of hydrogen-bond acceptors (Lipinski definition) is 4. The second-order valence-electron chi connectivity index (χ2n) is 2.94. The lowest BCUT2D eigenvalue weighted by molar-refractivity contribution is 0.269. The number of rotatable bonds is 2. The lowest BCUT2D eigenvalue weighted by Crippen LogP contribution is -2.02. The van der Waals surface area contributed by atoms with Gasteiger partial charge in [0.1, 0.15) is 12.9 Å². The largest absolute Gasteiger partial charge is 0.388 e. The summed E-state index contributed by atoms with van der Waals surface area (Å²) in [5, 5.41) is 16.5. The predicted octanol–water partition coefficient (Wildman–Crippen LogP) is 0.463. The first-order valence-electron chi connectivity index (χ1n) is 4.23. The summed E-state index contributed by atoms with van der Waals surface area (Å²) in [5.41, 5.74) is 1.95. The van der Waals surface area contributed by atoms with E-state index in [1.165, 1.54) is 0 Å². The van der Waals surface area contributed by atoms with Crippen molar-refractivity contribution in [1.29, 1.82) is 0 Å². The highest BCUT2D eigenvalue weighted by Gasteiger charge is 2.06. The molecule has 2 aromatic rings. The van der Waals surface area contributed by atoms with Gasteiger partial charge in [0.25, 0.3) is 0 Å². The molecule has 0 fully saturated rings. The molecule has 72 valence electrons. The molecule has 0 aliphatic carbocycles. The van der Waals surface area contributed by atoms with E-state index in [0.29, 0.717) is 5.82 Å². The van der Waals surface area contributed by atoms with Crippen molar-refractivity contribution in [3.8, 4) is 5.69 Å². The predicted molar refractivity (Wildman–Crippen MR) is 49.8 cm³/mol. The van der Waals surface area contributed by atoms with Crippen LogP contribution in [-0.2, 0) is 6.61 Å². The van der Waals surface area contributed by atoms with E-state index in [-0.39, 0.29) is 6.61 Å². The van der Waals surface area contributed by atoms with Crippen LogP contribution in [0.3, 0.4) is 0 Å². The van der Waals surface area contributed by atoms with E-state index in [1.807, 2.05) is 13.0 Å². The number of aromatic nitrogens is 4. The van der Waals surface area contributed by atoms with Gasteiger partial charge in [0, 0.05) is 6.20 Å². The van der Waals surface area contributed by atoms with Gasteiger partial charge in [-0.05, 0) is 18.6 Å². The Hall–Kier alpha value is -1.75. The van der Waals surface area contributed by atoms with E-state index in [2.05, 4.69) is 15.2 Å². The van der Waals surface area contributed by atoms with Crippen LogP contribution in [-0.4, -0.2) is 24.9 Å². The van der Waals surface area contributed by atoms with Crippen LogP contribution in [0.1, 0.15) is 11.4 Å². The molecule has 0 aromatic carbocycles. The van der Waals surface area contributed by atoms with E-state index in [9.17, 15) is 0 Å². The van der Waals surface area contributed by atoms with E-state index >= 15 is 0 Å². The van der Waals surface area contributed by atoms with Crippen molar-refractivity contribution < 1.29 is 5.11 Å². The first-order chi connectivity index (χ1) is 6.83. The third-order valence-electron chi connectivity index (χ3n) is 2.03. The van der Waals surface area contributed by atoms with Crippen LogP contribution in [0.2, 0.25) is 0 Å². The second-order valence-corrected chi connectivity index (χ2v) is 2.94. The van der Waals surface area contributed by atoms with Gasteiger partial charge in [-0.25, -0.2) is 0 Å². The molecule has 5 nitrogen and oxygen atoms in total. The van der Waals surface area contributed by atoms with Gasteiger partial charge in [-0.15, -0.1) is 10.2 Å². The molecular formula is C9H10N4O. The van der Waals surface area contributed by atoms with Crippen LogP contribution in [0.25, 0.3) is 5.69 Å². The smallest absolute Gasteiger partial charge is 0.163 e. The summed E-state index contributed by atoms with van der Waals surface area (Å²) in [4.78, 5) is 4.02. The molecule has 0 atom stereocenters. The lowest BCUT2D eigenvalue weighted by Gasteiger charge is -2.06. The number of aliphatic hydroxyl groups excluding tert-OH is 1. The molecule has 0 saturated carbocycles. The van der Waals surface area contributed by atoms with Gasteiger partial charge in [-0.2, -0.15) is 0 Å². The normalized spacial score (nSPS) is 10.4. The molecule has 2 aromatic heterocycles. The summed E-state index contributed by atoms with van der Waals surface area (Å²) >= 11 is 0. The first-order valence-corrected chi connectivity index (χ1v) is 4.23. The van der Waals surface area contributed by atoms with Gasteiger partial charge in [-0.3, -0.25) is 9.55 Å². The quantitative estimate of drug-likeness (QED) is 0.747. The minimum atomic E-state index is -0.131. The maximum Gasteiger partial charge on any atom is 0.163 e. The van der Waals surface area contributed by atoms with Crippen molar-refractivity contribution in [2.24, 2.45) is 0 Å². The Bertz CT molecular complexity index is 438. The number of aliphatic hydroxyl groups is 1. The zero-order valence-electron chi connectivity index (χ0n) is 7.75. The van der Waals surface area contributed by atoms with Crippen molar-refractivity contribution in [3.05, 3.63) is 36.2 Å². The van der Waals surface area contributed by atoms with Gasteiger partial charge < -0.3 is 5.11 Å². The van der Waals surface area contributed by atoms with Gasteiger partial charge in [-0.1, -0.05) is 0 Å². The van der Waals surface area contributed by atoms with Gasteiger partial charge in [0.2, 0.25) is 0 Å². The van der Waals surface area contributed by atoms with E-state index in [0.717, 1.165) is 11.3 Å². The summed E-state index contributed by atoms with van der Waals surface area (Å²) in [5.74, 6) is 0.515. The van der Waals surface area contributed by atoms with Crippen molar-refractivity contribution >= 4 is 0 Å². The Labute approximate surface area is 81.1 Å². The Morgan fingerprint density at radius 3 is 3.07 bits per heavy atom. The SMILES string of the molecule is Cc1ccncc1-n1cnnc1CO. The van der Waals surface area contributed by atoms with Crippen LogP contribution < -0.4 is 0 Å². The highest BCUT2D eigenvalue weighted by Crippen LogP contribution is 2.12. The molecule has 2 rings (SSSR count). The van der Waals surface area contributed by atoms with Crippen molar-refractivity contribution in [2.75, 3.05) is 0 Å². The number of aryl methyl sites for hydroxylation is 1. The average molecular weight is 190 g/mol. The molecule has 14 heavy (non-hydrogen) atoms. The molecule has 0 unspecified atom stereocenters. The summed E-state index contributed by atoms with van der Waals surface area (Å²) < 4.78 is 1.72. The summed E-state index contributed by atoms with van der Waals surface area (Å²) in [6.07, 6.45) is 5.01. The molecule has 0 amide bonds. The number of hydrogen-bond donors (Lipinski definition) is 1. The summed E-state index contributed by atoms with van der Waals surface area (Å²) in [6.45, 7) is 1.84. The van der Waals surface area contributed by atoms with Crippen LogP contribution in [0.4, 0.5) is 0 Å². The molecule has 2 heterocycles. The Balaban J connectivity index is 2.54. The Kier molecular flexibility index (Phi) is 2.24. The summed E-state index contributed by atoms with van der Waals surface area (Å²) in [7, 11) is 0. The van der Waals surface area contributed by atoms with E-state index in [1.54, 1.807) is 23.3 Å². The van der Waals surface area contributed by atoms with E-state index < -0.39 is 0 Å². The van der Waals surface area contributed by atoms with Gasteiger partial charge >= 0.3 is 0 Å². The minimum absolute atomic E-state index is 0.131. The zero-order valence-corrected chi connectivity index (χ0v) is 7.75. The molecule has 5 heteroatoms. The molecule has 0 aliphatic heterocycles. The maximum atomic E-state index is 9.02. The average Bonchev–Trinajstić information content (AvgIpc) is 2.66. The molecule has 0 aliphatic rings. The fourth-order valence-corrected chi connectivity index (χ4v) is 1.28. The first kappa shape index (κ1) is 8.83. The highest BCUT2D eigenvalue weighted by molar-refractivity contribution is 5.37. The van der Waals surface area contributed by atoms with Crippen molar-refractivity contribution in [2.45, 2.75) is 13.5 Å². The van der Waals surface area contributed by atoms with Crippen LogP contribution >= 0.6 is 0 Å². The van der Waals surface area contributed by atoms with Crippen LogP contribution in [0.15, 0.2) is 24.8 Å². The van der Waals surface area contributed by atoms with Crippen molar-refractivity contribution in [1.82, 2.24) is 19.7 Å². The second kappa shape index (κ2) is 3.55. The fourth-order valence-electron chi connectivity index (χ4n) is 1.28. The highest BCUT2D eigenvalue weighted by atomic mass is 16.3. The zero-order chi connectivity index (χ0) is 9.97. The third kappa shape index (κ3) is 1.38. The molecule has 0 saturated heterocycles. The Morgan fingerprint density at radius 2 is 2.36 bits per heavy atom. The standard InChI is InChI=1S/C9H10N4O/c1-7-2-3-10-4-8(7)13-6-11-12-9(13)5-14/h2-4,6,14H,5H2,1H3. The molecular weight excluding hydrogens is 180 g/mol. The third-order valence-corrected chi connectivity index (χ3v) is 2.03. The van der Waals surface area contributed by atoms with Gasteiger partial charge in [0.15, 0.2) is 5.82 Å². The number of nitrogens with zero attached hydrogens (tertiary/aromatic N) is 4. The van der Waals surface area contributed by atoms with Crippen molar-refractivity contribution in [3.63, 3.8) is 0 Å². The monoisotopic (exact) mass is 190 g/mol. The lowest BCUT2D eigenvalue weighted by atomic mass is 10.2. The minimum Gasteiger partial charge on any atom is -0.388 e. The molecule has 0 bridgehead atoms. The molecule has 0 radical (unpaired) electrons. The molecule has 1 N–H and O–H groups in total. The fraction of sp³-hybridized carbons (Fsp3) is 0.222.